The van der Waals surface area contributed by atoms with Gasteiger partial charge in [0.15, 0.2) is 19.7 Å². The average Bonchev–Trinajstić information content (AvgIpc) is 2.75. The van der Waals surface area contributed by atoms with E-state index in [4.69, 9.17) is 16.3 Å². The molecule has 0 N–H and O–H groups in total. The van der Waals surface area contributed by atoms with Crippen LogP contribution < -0.4 is 4.74 Å². The number of para-hydroxylation sites is 1. The quantitative estimate of drug-likeness (QED) is 0.292. The Morgan fingerprint density at radius 3 is 2.19 bits per heavy atom. The Kier molecular flexibility index (Phi) is 6.52. The standard InChI is InChI=1S/C24H17ClF3NO5S2/c1-35(30,31)18-11-15(25)10-17(12-18)34-16-6-3-5-14(9-16)22-19-7-4-8-20(24(26,27)28)23(19)29-13-21(22)36(2,32)33/h3-13H,1-2H3. The molecule has 0 saturated carbocycles. The second-order valence-corrected chi connectivity index (χ2v) is 12.4. The fraction of sp³-hybridized carbons (Fsp3) is 0.125. The molecule has 0 amide bonds. The third kappa shape index (κ3) is 5.32. The van der Waals surface area contributed by atoms with Crippen LogP contribution in [0.4, 0.5) is 13.2 Å². The van der Waals surface area contributed by atoms with Crippen molar-refractivity contribution < 1.29 is 34.7 Å². The maximum Gasteiger partial charge on any atom is 0.418 e. The predicted molar refractivity (Wildman–Crippen MR) is 130 cm³/mol. The van der Waals surface area contributed by atoms with Crippen LogP contribution >= 0.6 is 11.6 Å². The minimum Gasteiger partial charge on any atom is -0.457 e. The highest BCUT2D eigenvalue weighted by Gasteiger charge is 2.34. The van der Waals surface area contributed by atoms with Crippen molar-refractivity contribution in [2.45, 2.75) is 16.0 Å². The van der Waals surface area contributed by atoms with Gasteiger partial charge >= 0.3 is 6.18 Å². The Bertz CT molecular complexity index is 1720. The number of sulfone groups is 2. The van der Waals surface area contributed by atoms with Gasteiger partial charge < -0.3 is 4.74 Å². The molecular formula is C24H17ClF3NO5S2. The van der Waals surface area contributed by atoms with Gasteiger partial charge in [0, 0.05) is 34.7 Å². The molecule has 3 aromatic carbocycles. The normalized spacial score (nSPS) is 12.6. The van der Waals surface area contributed by atoms with Crippen LogP contribution in [0, 0.1) is 0 Å². The largest absolute Gasteiger partial charge is 0.457 e. The molecule has 0 saturated heterocycles. The Hall–Kier alpha value is -3.15. The van der Waals surface area contributed by atoms with E-state index >= 15 is 0 Å². The molecule has 0 atom stereocenters. The van der Waals surface area contributed by atoms with Gasteiger partial charge in [-0.3, -0.25) is 4.98 Å². The summed E-state index contributed by atoms with van der Waals surface area (Å²) in [5, 5.41) is 0.107. The maximum absolute atomic E-state index is 13.6. The van der Waals surface area contributed by atoms with Crippen LogP contribution in [0.2, 0.25) is 5.02 Å². The van der Waals surface area contributed by atoms with Crippen LogP contribution in [0.15, 0.2) is 76.7 Å². The minimum atomic E-state index is -4.70. The van der Waals surface area contributed by atoms with Gasteiger partial charge in [0.25, 0.3) is 0 Å². The van der Waals surface area contributed by atoms with Crippen LogP contribution in [-0.4, -0.2) is 34.3 Å². The van der Waals surface area contributed by atoms with E-state index < -0.39 is 36.9 Å². The molecule has 0 aliphatic carbocycles. The first kappa shape index (κ1) is 25.9. The van der Waals surface area contributed by atoms with Crippen LogP contribution in [0.25, 0.3) is 22.0 Å². The molecule has 4 rings (SSSR count). The number of ether oxygens (including phenoxy) is 1. The highest BCUT2D eigenvalue weighted by molar-refractivity contribution is 7.91. The Balaban J connectivity index is 1.92. The molecule has 36 heavy (non-hydrogen) atoms. The van der Waals surface area contributed by atoms with Crippen molar-refractivity contribution in [3.05, 3.63) is 77.4 Å². The summed E-state index contributed by atoms with van der Waals surface area (Å²) in [4.78, 5) is 3.51. The molecule has 0 aliphatic heterocycles. The van der Waals surface area contributed by atoms with Crippen molar-refractivity contribution in [3.8, 4) is 22.6 Å². The van der Waals surface area contributed by atoms with Crippen molar-refractivity contribution in [1.82, 2.24) is 4.98 Å². The summed E-state index contributed by atoms with van der Waals surface area (Å²) in [5.74, 6) is 0.271. The summed E-state index contributed by atoms with van der Waals surface area (Å²) in [6.45, 7) is 0. The van der Waals surface area contributed by atoms with E-state index in [2.05, 4.69) is 4.98 Å². The van der Waals surface area contributed by atoms with Gasteiger partial charge in [-0.25, -0.2) is 16.8 Å². The van der Waals surface area contributed by atoms with Gasteiger partial charge in [-0.15, -0.1) is 0 Å². The predicted octanol–water partition coefficient (Wildman–Crippen LogP) is 6.17. The topological polar surface area (TPSA) is 90.4 Å². The Labute approximate surface area is 210 Å². The summed E-state index contributed by atoms with van der Waals surface area (Å²) in [6, 6.07) is 13.4. The van der Waals surface area contributed by atoms with Gasteiger partial charge in [0.1, 0.15) is 11.5 Å². The van der Waals surface area contributed by atoms with Crippen molar-refractivity contribution in [2.24, 2.45) is 0 Å². The summed E-state index contributed by atoms with van der Waals surface area (Å²) >= 11 is 6.03. The second kappa shape index (κ2) is 9.06. The van der Waals surface area contributed by atoms with E-state index in [1.165, 1.54) is 54.6 Å². The SMILES string of the molecule is CS(=O)(=O)c1cc(Cl)cc(Oc2cccc(-c3c(S(C)(=O)=O)cnc4c(C(F)(F)F)cccc34)c2)c1. The number of hydrogen-bond acceptors (Lipinski definition) is 6. The van der Waals surface area contributed by atoms with Gasteiger partial charge in [0.2, 0.25) is 0 Å². The molecule has 0 unspecified atom stereocenters. The number of nitrogens with zero attached hydrogens (tertiary/aromatic N) is 1. The molecule has 6 nitrogen and oxygen atoms in total. The molecule has 0 fully saturated rings. The van der Waals surface area contributed by atoms with E-state index in [1.807, 2.05) is 0 Å². The summed E-state index contributed by atoms with van der Waals surface area (Å²) in [6.07, 6.45) is -1.85. The Morgan fingerprint density at radius 2 is 1.56 bits per heavy atom. The van der Waals surface area contributed by atoms with Crippen LogP contribution in [0.1, 0.15) is 5.56 Å². The summed E-state index contributed by atoms with van der Waals surface area (Å²) in [7, 11) is -7.47. The lowest BCUT2D eigenvalue weighted by Crippen LogP contribution is -2.08. The number of fused-ring (bicyclic) bond motifs is 1. The Morgan fingerprint density at radius 1 is 0.861 bits per heavy atom. The molecular weight excluding hydrogens is 539 g/mol. The van der Waals surface area contributed by atoms with Crippen molar-refractivity contribution in [1.29, 1.82) is 0 Å². The van der Waals surface area contributed by atoms with Crippen LogP contribution in [0.5, 0.6) is 11.5 Å². The van der Waals surface area contributed by atoms with Crippen LogP contribution in [-0.2, 0) is 25.9 Å². The zero-order valence-corrected chi connectivity index (χ0v) is 21.1. The molecule has 0 radical (unpaired) electrons. The second-order valence-electron chi connectivity index (χ2n) is 7.99. The van der Waals surface area contributed by atoms with Gasteiger partial charge in [0.05, 0.1) is 20.9 Å². The first-order valence-corrected chi connectivity index (χ1v) is 14.3. The van der Waals surface area contributed by atoms with E-state index in [9.17, 15) is 30.0 Å². The van der Waals surface area contributed by atoms with E-state index in [1.54, 1.807) is 0 Å². The molecule has 1 heterocycles. The van der Waals surface area contributed by atoms with Gasteiger partial charge in [-0.05, 0) is 42.0 Å². The lowest BCUT2D eigenvalue weighted by molar-refractivity contribution is -0.136. The molecule has 4 aromatic rings. The molecule has 0 bridgehead atoms. The van der Waals surface area contributed by atoms with Crippen molar-refractivity contribution in [2.75, 3.05) is 12.5 Å². The molecule has 0 aliphatic rings. The zero-order valence-electron chi connectivity index (χ0n) is 18.7. The van der Waals surface area contributed by atoms with Crippen molar-refractivity contribution in [3.63, 3.8) is 0 Å². The number of rotatable bonds is 5. The lowest BCUT2D eigenvalue weighted by atomic mass is 9.99. The molecule has 188 valence electrons. The monoisotopic (exact) mass is 555 g/mol. The highest BCUT2D eigenvalue weighted by Crippen LogP contribution is 2.40. The maximum atomic E-state index is 13.6. The van der Waals surface area contributed by atoms with E-state index in [0.29, 0.717) is 0 Å². The number of pyridine rings is 1. The fourth-order valence-corrected chi connectivity index (χ4v) is 5.48. The zero-order chi connectivity index (χ0) is 26.5. The number of halogens is 4. The van der Waals surface area contributed by atoms with Crippen molar-refractivity contribution >= 4 is 42.2 Å². The molecule has 12 heteroatoms. The number of hydrogen-bond donors (Lipinski definition) is 0. The van der Waals surface area contributed by atoms with Crippen LogP contribution in [0.3, 0.4) is 0 Å². The fourth-order valence-electron chi connectivity index (χ4n) is 3.67. The smallest absolute Gasteiger partial charge is 0.418 e. The third-order valence-electron chi connectivity index (χ3n) is 5.20. The lowest BCUT2D eigenvalue weighted by Gasteiger charge is -2.16. The first-order valence-electron chi connectivity index (χ1n) is 10.1. The summed E-state index contributed by atoms with van der Waals surface area (Å²) in [5.41, 5.74) is -1.11. The highest BCUT2D eigenvalue weighted by atomic mass is 35.5. The van der Waals surface area contributed by atoms with E-state index in [0.717, 1.165) is 24.8 Å². The number of alkyl halides is 3. The third-order valence-corrected chi connectivity index (χ3v) is 7.62. The van der Waals surface area contributed by atoms with Gasteiger partial charge in [-0.2, -0.15) is 13.2 Å². The molecule has 1 aromatic heterocycles. The van der Waals surface area contributed by atoms with E-state index in [-0.39, 0.29) is 42.8 Å². The van der Waals surface area contributed by atoms with Gasteiger partial charge in [-0.1, -0.05) is 35.9 Å². The number of aromatic nitrogens is 1. The average molecular weight is 556 g/mol. The summed E-state index contributed by atoms with van der Waals surface area (Å²) < 4.78 is 95.5. The minimum absolute atomic E-state index is 0.00739. The molecule has 0 spiro atoms. The number of benzene rings is 3. The first-order chi connectivity index (χ1) is 16.6.